The van der Waals surface area contributed by atoms with Gasteiger partial charge in [-0.2, -0.15) is 0 Å². The number of benzene rings is 1. The summed E-state index contributed by atoms with van der Waals surface area (Å²) in [7, 11) is -0.652. The monoisotopic (exact) mass is 314 g/mol. The highest BCUT2D eigenvalue weighted by molar-refractivity contribution is 7.85. The number of rotatable bonds is 5. The first kappa shape index (κ1) is 15.8. The van der Waals surface area contributed by atoms with Gasteiger partial charge in [-0.15, -0.1) is 0 Å². The Balaban J connectivity index is 2.07. The van der Waals surface area contributed by atoms with Crippen molar-refractivity contribution in [3.63, 3.8) is 0 Å². The molecule has 3 nitrogen and oxygen atoms in total. The average molecular weight is 315 g/mol. The first-order valence-electron chi connectivity index (χ1n) is 7.24. The summed E-state index contributed by atoms with van der Waals surface area (Å²) in [5.74, 6) is 1.49. The summed E-state index contributed by atoms with van der Waals surface area (Å²) < 4.78 is 11.4. The van der Waals surface area contributed by atoms with Crippen LogP contribution in [0, 0.1) is 0 Å². The Labute approximate surface area is 129 Å². The van der Waals surface area contributed by atoms with Gasteiger partial charge < -0.3 is 10.2 Å². The van der Waals surface area contributed by atoms with Crippen molar-refractivity contribution in [1.82, 2.24) is 5.32 Å². The molecule has 0 amide bonds. The third-order valence-electron chi connectivity index (χ3n) is 3.69. The molecule has 0 aliphatic carbocycles. The van der Waals surface area contributed by atoms with Crippen LogP contribution < -0.4 is 10.2 Å². The van der Waals surface area contributed by atoms with Gasteiger partial charge in [0.2, 0.25) is 0 Å². The Bertz CT molecular complexity index is 471. The number of hydrogen-bond donors (Lipinski definition) is 1. The lowest BCUT2D eigenvalue weighted by atomic mass is 10.1. The molecule has 112 valence electrons. The zero-order chi connectivity index (χ0) is 14.5. The lowest BCUT2D eigenvalue weighted by molar-refractivity contribution is 0.570. The van der Waals surface area contributed by atoms with Gasteiger partial charge in [-0.25, -0.2) is 0 Å². The van der Waals surface area contributed by atoms with E-state index in [-0.39, 0.29) is 0 Å². The SMILES string of the molecule is CCCNC(C)c1ccc(N2CCS(=O)CC2)c(Cl)c1. The van der Waals surface area contributed by atoms with E-state index in [0.29, 0.717) is 6.04 Å². The molecular weight excluding hydrogens is 292 g/mol. The Morgan fingerprint density at radius 2 is 2.10 bits per heavy atom. The maximum absolute atomic E-state index is 11.4. The minimum Gasteiger partial charge on any atom is -0.368 e. The van der Waals surface area contributed by atoms with Crippen LogP contribution in [0.15, 0.2) is 18.2 Å². The third-order valence-corrected chi connectivity index (χ3v) is 5.27. The maximum atomic E-state index is 11.4. The van der Waals surface area contributed by atoms with E-state index in [2.05, 4.69) is 42.3 Å². The second-order valence-electron chi connectivity index (χ2n) is 5.22. The summed E-state index contributed by atoms with van der Waals surface area (Å²) in [6.07, 6.45) is 1.13. The highest BCUT2D eigenvalue weighted by Gasteiger charge is 2.18. The molecule has 20 heavy (non-hydrogen) atoms. The average Bonchev–Trinajstić information content (AvgIpc) is 2.46. The molecule has 0 spiro atoms. The Morgan fingerprint density at radius 3 is 2.70 bits per heavy atom. The second kappa shape index (κ2) is 7.43. The van der Waals surface area contributed by atoms with Gasteiger partial charge in [0.15, 0.2) is 0 Å². The minimum absolute atomic E-state index is 0.315. The summed E-state index contributed by atoms with van der Waals surface area (Å²) in [6, 6.07) is 6.60. The fraction of sp³-hybridized carbons (Fsp3) is 0.600. The molecule has 0 bridgehead atoms. The molecule has 0 saturated carbocycles. The molecule has 0 aromatic heterocycles. The van der Waals surface area contributed by atoms with Crippen LogP contribution in [0.1, 0.15) is 31.9 Å². The molecule has 2 rings (SSSR count). The van der Waals surface area contributed by atoms with Gasteiger partial charge in [-0.3, -0.25) is 4.21 Å². The van der Waals surface area contributed by atoms with E-state index in [1.807, 2.05) is 0 Å². The van der Waals surface area contributed by atoms with E-state index in [9.17, 15) is 4.21 Å². The van der Waals surface area contributed by atoms with Crippen molar-refractivity contribution in [2.75, 3.05) is 36.0 Å². The first-order valence-corrected chi connectivity index (χ1v) is 9.11. The van der Waals surface area contributed by atoms with Crippen LogP contribution in [0.5, 0.6) is 0 Å². The first-order chi connectivity index (χ1) is 9.61. The number of hydrogen-bond acceptors (Lipinski definition) is 3. The molecule has 1 aliphatic rings. The molecule has 1 heterocycles. The normalized spacial score (nSPS) is 18.2. The van der Waals surface area contributed by atoms with Crippen LogP contribution in [0.4, 0.5) is 5.69 Å². The molecule has 1 unspecified atom stereocenters. The fourth-order valence-electron chi connectivity index (χ4n) is 2.41. The zero-order valence-corrected chi connectivity index (χ0v) is 13.8. The predicted octanol–water partition coefficient (Wildman–Crippen LogP) is 2.97. The standard InChI is InChI=1S/C15H23ClN2OS/c1-3-6-17-12(2)13-4-5-15(14(16)11-13)18-7-9-20(19)10-8-18/h4-5,11-12,17H,3,6-10H2,1-2H3. The van der Waals surface area contributed by atoms with Gasteiger partial charge in [0.25, 0.3) is 0 Å². The van der Waals surface area contributed by atoms with E-state index < -0.39 is 10.8 Å². The molecule has 0 radical (unpaired) electrons. The third kappa shape index (κ3) is 3.96. The Kier molecular flexibility index (Phi) is 5.87. The maximum Gasteiger partial charge on any atom is 0.0642 e. The smallest absolute Gasteiger partial charge is 0.0642 e. The highest BCUT2D eigenvalue weighted by Crippen LogP contribution is 2.29. The summed E-state index contributed by atoms with van der Waals surface area (Å²) >= 11 is 6.43. The van der Waals surface area contributed by atoms with E-state index >= 15 is 0 Å². The fourth-order valence-corrected chi connectivity index (χ4v) is 3.77. The van der Waals surface area contributed by atoms with Gasteiger partial charge in [0.1, 0.15) is 0 Å². The quantitative estimate of drug-likeness (QED) is 0.907. The van der Waals surface area contributed by atoms with E-state index in [1.54, 1.807) is 0 Å². The molecule has 1 aromatic rings. The summed E-state index contributed by atoms with van der Waals surface area (Å²) in [5.41, 5.74) is 2.28. The molecule has 1 aliphatic heterocycles. The highest BCUT2D eigenvalue weighted by atomic mass is 35.5. The van der Waals surface area contributed by atoms with Crippen molar-refractivity contribution in [3.8, 4) is 0 Å². The summed E-state index contributed by atoms with van der Waals surface area (Å²) in [6.45, 7) is 6.99. The predicted molar refractivity (Wildman–Crippen MR) is 88.3 cm³/mol. The Morgan fingerprint density at radius 1 is 1.40 bits per heavy atom. The number of halogens is 1. The van der Waals surface area contributed by atoms with Crippen LogP contribution >= 0.6 is 11.6 Å². The van der Waals surface area contributed by atoms with Gasteiger partial charge in [0.05, 0.1) is 10.7 Å². The van der Waals surface area contributed by atoms with Gasteiger partial charge in [0, 0.05) is 41.4 Å². The van der Waals surface area contributed by atoms with Crippen molar-refractivity contribution in [2.45, 2.75) is 26.3 Å². The van der Waals surface area contributed by atoms with Crippen molar-refractivity contribution in [2.24, 2.45) is 0 Å². The number of nitrogens with one attached hydrogen (secondary N) is 1. The minimum atomic E-state index is -0.652. The lowest BCUT2D eigenvalue weighted by Crippen LogP contribution is -2.37. The van der Waals surface area contributed by atoms with Crippen LogP contribution in [0.3, 0.4) is 0 Å². The van der Waals surface area contributed by atoms with Crippen LogP contribution in [0.25, 0.3) is 0 Å². The van der Waals surface area contributed by atoms with Crippen molar-refractivity contribution >= 4 is 28.1 Å². The van der Waals surface area contributed by atoms with Gasteiger partial charge in [-0.1, -0.05) is 24.6 Å². The molecule has 5 heteroatoms. The van der Waals surface area contributed by atoms with Gasteiger partial charge in [-0.05, 0) is 37.6 Å². The van der Waals surface area contributed by atoms with E-state index in [1.165, 1.54) is 5.56 Å². The molecule has 1 atom stereocenters. The largest absolute Gasteiger partial charge is 0.368 e. The zero-order valence-electron chi connectivity index (χ0n) is 12.2. The van der Waals surface area contributed by atoms with Crippen molar-refractivity contribution in [1.29, 1.82) is 0 Å². The number of nitrogens with zero attached hydrogens (tertiary/aromatic N) is 1. The van der Waals surface area contributed by atoms with E-state index in [4.69, 9.17) is 11.6 Å². The van der Waals surface area contributed by atoms with Crippen LogP contribution in [-0.4, -0.2) is 35.3 Å². The molecule has 1 fully saturated rings. The molecule has 1 aromatic carbocycles. The number of anilines is 1. The van der Waals surface area contributed by atoms with Crippen molar-refractivity contribution in [3.05, 3.63) is 28.8 Å². The summed E-state index contributed by atoms with van der Waals surface area (Å²) in [4.78, 5) is 2.23. The molecule has 1 saturated heterocycles. The molecule has 1 N–H and O–H groups in total. The lowest BCUT2D eigenvalue weighted by Gasteiger charge is -2.29. The summed E-state index contributed by atoms with van der Waals surface area (Å²) in [5, 5.41) is 4.26. The van der Waals surface area contributed by atoms with E-state index in [0.717, 1.165) is 48.3 Å². The van der Waals surface area contributed by atoms with Crippen LogP contribution in [0.2, 0.25) is 5.02 Å². The van der Waals surface area contributed by atoms with Gasteiger partial charge >= 0.3 is 0 Å². The Hall–Kier alpha value is -0.580. The van der Waals surface area contributed by atoms with Crippen molar-refractivity contribution < 1.29 is 4.21 Å². The van der Waals surface area contributed by atoms with Crippen LogP contribution in [-0.2, 0) is 10.8 Å². The topological polar surface area (TPSA) is 32.3 Å². The molecular formula is C15H23ClN2OS. The second-order valence-corrected chi connectivity index (χ2v) is 7.33.